The lowest BCUT2D eigenvalue weighted by Gasteiger charge is -2.72. The second-order valence-corrected chi connectivity index (χ2v) is 24.3. The van der Waals surface area contributed by atoms with E-state index in [1.54, 1.807) is 0 Å². The predicted octanol–water partition coefficient (Wildman–Crippen LogP) is 7.89. The van der Waals surface area contributed by atoms with Crippen LogP contribution in [0.2, 0.25) is 0 Å². The number of rotatable bonds is 6. The van der Waals surface area contributed by atoms with Crippen molar-refractivity contribution >= 4 is 20.8 Å². The van der Waals surface area contributed by atoms with E-state index in [9.17, 15) is 25.9 Å². The first-order valence-electron chi connectivity index (χ1n) is 23.1. The maximum Gasteiger partial charge on any atom is 0.397 e. The third kappa shape index (κ3) is 3.67. The van der Waals surface area contributed by atoms with Gasteiger partial charge in [0.2, 0.25) is 0 Å². The van der Waals surface area contributed by atoms with Crippen LogP contribution in [0.4, 0.5) is 0 Å². The van der Waals surface area contributed by atoms with E-state index in [1.807, 2.05) is 0 Å². The summed E-state index contributed by atoms with van der Waals surface area (Å²) in [5.74, 6) is 11.5. The summed E-state index contributed by atoms with van der Waals surface area (Å²) in [4.78, 5) is 0. The molecule has 18 atom stereocenters. The molecule has 0 aromatic heterocycles. The lowest BCUT2D eigenvalue weighted by Crippen LogP contribution is -2.69. The first-order valence-corrected chi connectivity index (χ1v) is 25.9. The van der Waals surface area contributed by atoms with Gasteiger partial charge in [-0.2, -0.15) is 16.8 Å². The summed E-state index contributed by atoms with van der Waals surface area (Å²) < 4.78 is 81.1. The molecule has 312 valence electrons. The SMILES string of the molecule is O=S(=O)(O)OCC12c3ccccc3C(c3ccccc31)[C@H]1[C@H]3C[C@H]([C@@H]4[C@H]5C6CC([C@H]5[C@H]34)[C@H]3[C@@H]6[C@@H]4[C@@H]5C[C@@H]([C@H]6C7c8ccccc8C(COS(=O)(=O)O)(c8ccccc87)[C@@H]56)[C@H]34)[C@H]12. The fraction of sp³-hybridized carbons (Fsp3) is 0.529. The Morgan fingerprint density at radius 1 is 0.410 bits per heavy atom. The molecule has 14 aliphatic rings. The van der Waals surface area contributed by atoms with E-state index < -0.39 is 31.6 Å². The van der Waals surface area contributed by atoms with Crippen molar-refractivity contribution < 1.29 is 34.3 Å². The molecule has 18 rings (SSSR count). The third-order valence-electron chi connectivity index (χ3n) is 21.8. The van der Waals surface area contributed by atoms with Gasteiger partial charge in [0.05, 0.1) is 13.2 Å². The summed E-state index contributed by atoms with van der Waals surface area (Å²) >= 11 is 0. The van der Waals surface area contributed by atoms with Crippen molar-refractivity contribution in [2.24, 2.45) is 107 Å². The van der Waals surface area contributed by atoms with Gasteiger partial charge in [0.15, 0.2) is 0 Å². The van der Waals surface area contributed by atoms with Crippen molar-refractivity contribution in [3.8, 4) is 0 Å². The smallest absolute Gasteiger partial charge is 0.264 e. The number of benzene rings is 4. The van der Waals surface area contributed by atoms with E-state index in [4.69, 9.17) is 8.37 Å². The molecule has 0 aliphatic heterocycles. The van der Waals surface area contributed by atoms with Gasteiger partial charge in [-0.15, -0.1) is 0 Å². The summed E-state index contributed by atoms with van der Waals surface area (Å²) in [6, 6.07) is 35.0. The van der Waals surface area contributed by atoms with Gasteiger partial charge in [0.25, 0.3) is 0 Å². The average Bonchev–Trinajstić information content (AvgIpc) is 4.07. The van der Waals surface area contributed by atoms with Gasteiger partial charge in [-0.3, -0.25) is 9.11 Å². The maximum atomic E-state index is 12.4. The van der Waals surface area contributed by atoms with Crippen molar-refractivity contribution in [1.29, 1.82) is 0 Å². The van der Waals surface area contributed by atoms with Crippen LogP contribution in [-0.2, 0) is 40.0 Å². The highest BCUT2D eigenvalue weighted by atomic mass is 32.3. The molecule has 8 nitrogen and oxygen atoms in total. The van der Waals surface area contributed by atoms with Gasteiger partial charge in [-0.25, -0.2) is 8.37 Å². The minimum absolute atomic E-state index is 0.0646. The highest BCUT2D eigenvalue weighted by molar-refractivity contribution is 7.81. The lowest BCUT2D eigenvalue weighted by atomic mass is 9.32. The zero-order valence-electron chi connectivity index (χ0n) is 33.5. The fourth-order valence-electron chi connectivity index (χ4n) is 21.8. The Hall–Kier alpha value is -3.38. The average molecular weight is 853 g/mol. The van der Waals surface area contributed by atoms with Crippen molar-refractivity contribution in [3.63, 3.8) is 0 Å². The summed E-state index contributed by atoms with van der Waals surface area (Å²) in [5, 5.41) is 0. The van der Waals surface area contributed by atoms with Crippen LogP contribution in [0.1, 0.15) is 75.6 Å². The molecule has 4 aromatic carbocycles. The van der Waals surface area contributed by atoms with Crippen LogP contribution in [-0.4, -0.2) is 39.2 Å². The highest BCUT2D eigenvalue weighted by Crippen LogP contribution is 2.89. The van der Waals surface area contributed by atoms with Crippen LogP contribution in [0, 0.1) is 107 Å². The van der Waals surface area contributed by atoms with Crippen molar-refractivity contribution in [2.45, 2.75) is 41.9 Å². The molecule has 14 aliphatic carbocycles. The number of fused-ring (bicyclic) bond motifs is 22. The third-order valence-corrected chi connectivity index (χ3v) is 22.6. The van der Waals surface area contributed by atoms with Crippen LogP contribution in [0.3, 0.4) is 0 Å². The summed E-state index contributed by atoms with van der Waals surface area (Å²) in [5.41, 5.74) is 8.86. The normalized spacial score (nSPS) is 49.9. The second-order valence-electron chi connectivity index (χ2n) is 22.1. The van der Waals surface area contributed by atoms with Crippen LogP contribution >= 0.6 is 0 Å². The molecule has 0 spiro atoms. The predicted molar refractivity (Wildman–Crippen MR) is 223 cm³/mol. The van der Waals surface area contributed by atoms with Crippen LogP contribution in [0.25, 0.3) is 0 Å². The standard InChI is InChI=1S/C51H48O8S2/c52-60(53,54)58-20-50-32-13-5-1-9-22(32)36(23-10-2-6-14-33(23)50)46-28-18-30(48(46)50)44-40-27-17-26(38(40)42(28)44)39-41(27)45-31-19-29(43(39)45)47-37-24-11-3-7-15-34(24)51(49(31)47,21-59-61(55,56)57)35-16-8-4-12-25(35)37/h1-16,26-31,36-49H,17-21H2,(H,52,53,54)(H,55,56,57)/t26?,27?,28-,29+,30+,31-,36?,37?,38+,39-,40-,41+,42-,43+,44+,45-,46+,47-,48+,49-,50?,51?. The molecule has 0 radical (unpaired) electrons. The fourth-order valence-corrected chi connectivity index (χ4v) is 22.4. The Balaban J connectivity index is 0.795. The lowest BCUT2D eigenvalue weighted by molar-refractivity contribution is -0.229. The first kappa shape index (κ1) is 35.0. The van der Waals surface area contributed by atoms with Crippen LogP contribution in [0.5, 0.6) is 0 Å². The molecule has 8 fully saturated rings. The Morgan fingerprint density at radius 3 is 0.984 bits per heavy atom. The second kappa shape index (κ2) is 10.8. The van der Waals surface area contributed by atoms with Crippen LogP contribution < -0.4 is 0 Å². The summed E-state index contributed by atoms with van der Waals surface area (Å²) in [6.45, 7) is -0.129. The van der Waals surface area contributed by atoms with E-state index >= 15 is 0 Å². The van der Waals surface area contributed by atoms with Crippen LogP contribution in [0.15, 0.2) is 97.1 Å². The zero-order valence-corrected chi connectivity index (χ0v) is 35.1. The molecule has 10 bridgehead atoms. The molecule has 10 heteroatoms. The van der Waals surface area contributed by atoms with Crippen molar-refractivity contribution in [3.05, 3.63) is 142 Å². The maximum absolute atomic E-state index is 12.4. The summed E-state index contributed by atoms with van der Waals surface area (Å²) in [7, 11) is -9.32. The molecule has 0 amide bonds. The van der Waals surface area contributed by atoms with E-state index in [0.717, 1.165) is 41.4 Å². The molecule has 8 saturated carbocycles. The number of hydrogen-bond acceptors (Lipinski definition) is 6. The van der Waals surface area contributed by atoms with E-state index in [-0.39, 0.29) is 25.0 Å². The Kier molecular flexibility index (Phi) is 6.18. The molecule has 4 aromatic rings. The molecule has 0 heterocycles. The molecular weight excluding hydrogens is 805 g/mol. The van der Waals surface area contributed by atoms with E-state index in [0.29, 0.717) is 65.1 Å². The molecule has 2 unspecified atom stereocenters. The highest BCUT2D eigenvalue weighted by Gasteiger charge is 2.85. The Labute approximate surface area is 356 Å². The van der Waals surface area contributed by atoms with Gasteiger partial charge in [-0.05, 0) is 170 Å². The van der Waals surface area contributed by atoms with Crippen molar-refractivity contribution in [1.82, 2.24) is 0 Å². The Morgan fingerprint density at radius 2 is 0.672 bits per heavy atom. The van der Waals surface area contributed by atoms with E-state index in [2.05, 4.69) is 97.1 Å². The van der Waals surface area contributed by atoms with Gasteiger partial charge in [0, 0.05) is 22.7 Å². The first-order chi connectivity index (χ1) is 29.5. The zero-order chi connectivity index (χ0) is 40.4. The summed E-state index contributed by atoms with van der Waals surface area (Å²) in [6.07, 6.45) is 3.79. The topological polar surface area (TPSA) is 127 Å². The van der Waals surface area contributed by atoms with Gasteiger partial charge in [-0.1, -0.05) is 97.1 Å². The minimum atomic E-state index is -4.66. The van der Waals surface area contributed by atoms with E-state index in [1.165, 1.54) is 63.8 Å². The van der Waals surface area contributed by atoms with Crippen molar-refractivity contribution in [2.75, 3.05) is 13.2 Å². The van der Waals surface area contributed by atoms with Gasteiger partial charge < -0.3 is 0 Å². The quantitative estimate of drug-likeness (QED) is 0.148. The van der Waals surface area contributed by atoms with Gasteiger partial charge in [0.1, 0.15) is 0 Å². The minimum Gasteiger partial charge on any atom is -0.264 e. The van der Waals surface area contributed by atoms with Gasteiger partial charge >= 0.3 is 20.8 Å². The molecule has 0 saturated heterocycles. The monoisotopic (exact) mass is 852 g/mol. The molecule has 61 heavy (non-hydrogen) atoms. The molecular formula is C51H48O8S2. The molecule has 2 N–H and O–H groups in total. The number of hydrogen-bond donors (Lipinski definition) is 2. The Bertz CT molecular complexity index is 2620. The largest absolute Gasteiger partial charge is 0.397 e.